The zero-order chi connectivity index (χ0) is 33.0. The van der Waals surface area contributed by atoms with Gasteiger partial charge in [0.1, 0.15) is 5.67 Å². The van der Waals surface area contributed by atoms with Crippen molar-refractivity contribution in [1.82, 2.24) is 5.32 Å². The summed E-state index contributed by atoms with van der Waals surface area (Å²) in [4.78, 5) is 13.3. The third-order valence-corrected chi connectivity index (χ3v) is 15.1. The molecule has 2 atom stereocenters. The summed E-state index contributed by atoms with van der Waals surface area (Å²) in [6.45, 7) is 18.9. The summed E-state index contributed by atoms with van der Waals surface area (Å²) in [6.07, 6.45) is 13.8. The SMILES string of the molecule is CCCC[P+](CCCC)(CCCC)C(C)OC(=O)NC(CC)[Si](OCCC)(OCCC)OCCC.F[P-](F)(F)(F)(F)F. The molecule has 0 aliphatic heterocycles. The van der Waals surface area contributed by atoms with Crippen LogP contribution in [0.25, 0.3) is 0 Å². The van der Waals surface area contributed by atoms with Crippen LogP contribution in [0.5, 0.6) is 0 Å². The minimum atomic E-state index is -10.7. The maximum absolute atomic E-state index is 13.3. The molecule has 0 heterocycles. The van der Waals surface area contributed by atoms with Crippen molar-refractivity contribution in [3.8, 4) is 0 Å². The molecule has 0 aromatic carbocycles. The molecule has 0 saturated heterocycles. The molecular weight excluding hydrogens is 622 g/mol. The van der Waals surface area contributed by atoms with Crippen molar-refractivity contribution in [2.45, 2.75) is 131 Å². The third kappa shape index (κ3) is 22.3. The summed E-state index contributed by atoms with van der Waals surface area (Å²) in [5.41, 5.74) is -0.318. The number of carbonyl (C=O) groups is 1. The fraction of sp³-hybridized carbons (Fsp3) is 0.963. The van der Waals surface area contributed by atoms with Crippen LogP contribution in [0.1, 0.15) is 120 Å². The molecule has 0 saturated carbocycles. The van der Waals surface area contributed by atoms with Crippen molar-refractivity contribution in [3.63, 3.8) is 0 Å². The van der Waals surface area contributed by atoms with Crippen LogP contribution in [0.2, 0.25) is 0 Å². The summed E-state index contributed by atoms with van der Waals surface area (Å²) in [7, 11) is -15.2. The molecule has 0 rings (SSSR count). The molecule has 0 fully saturated rings. The Bertz CT molecular complexity index is 668. The van der Waals surface area contributed by atoms with E-state index in [2.05, 4.69) is 60.7 Å². The standard InChI is InChI=1S/C27H58NO5PSi.F6P/c1-9-16-22-34(23-17-10-2,24-18-11-3)25(8)33-27(29)28-26(15-7)35(30-19-12-4,31-20-13-5)32-21-14-6;1-7(2,3,4,5)6/h25-26H,9-24H2,1-8H3;/q;-1/p+1. The van der Waals surface area contributed by atoms with E-state index >= 15 is 0 Å². The van der Waals surface area contributed by atoms with Crippen LogP contribution in [0.3, 0.4) is 0 Å². The van der Waals surface area contributed by atoms with Gasteiger partial charge in [-0.1, -0.05) is 67.7 Å². The molecule has 2 unspecified atom stereocenters. The van der Waals surface area contributed by atoms with Crippen molar-refractivity contribution >= 4 is 30.0 Å². The Kier molecular flexibility index (Phi) is 21.0. The van der Waals surface area contributed by atoms with Gasteiger partial charge in [-0.25, -0.2) is 4.79 Å². The number of amides is 1. The Morgan fingerprint density at radius 3 is 1.29 bits per heavy atom. The van der Waals surface area contributed by atoms with E-state index in [1.165, 1.54) is 57.0 Å². The molecule has 0 aromatic rings. The minimum absolute atomic E-state index is 0.0367. The van der Waals surface area contributed by atoms with Gasteiger partial charge >= 0.3 is 47.9 Å². The number of unbranched alkanes of at least 4 members (excludes halogenated alkanes) is 3. The van der Waals surface area contributed by atoms with Gasteiger partial charge < -0.3 is 23.3 Å². The van der Waals surface area contributed by atoms with Gasteiger partial charge in [-0.2, -0.15) is 0 Å². The number of carbonyl (C=O) groups excluding carboxylic acids is 1. The molecule has 258 valence electrons. The average molecular weight is 682 g/mol. The van der Waals surface area contributed by atoms with E-state index in [9.17, 15) is 30.0 Å². The number of hydrogen-bond donors (Lipinski definition) is 1. The first-order valence-corrected chi connectivity index (χ1v) is 21.9. The van der Waals surface area contributed by atoms with Crippen LogP contribution in [-0.2, 0) is 18.0 Å². The Balaban J connectivity index is 0. The van der Waals surface area contributed by atoms with Crippen molar-refractivity contribution in [3.05, 3.63) is 0 Å². The number of hydrogen-bond acceptors (Lipinski definition) is 5. The van der Waals surface area contributed by atoms with Gasteiger partial charge in [0.25, 0.3) is 0 Å². The van der Waals surface area contributed by atoms with Gasteiger partial charge in [-0.05, 0) is 44.9 Å². The Morgan fingerprint density at radius 2 is 1.02 bits per heavy atom. The van der Waals surface area contributed by atoms with E-state index in [1.54, 1.807) is 0 Å². The third-order valence-electron chi connectivity index (χ3n) is 6.57. The number of nitrogens with one attached hydrogen (secondary N) is 1. The Labute approximate surface area is 252 Å². The molecular formula is C27H59F6NO5P2Si. The van der Waals surface area contributed by atoms with Crippen LogP contribution >= 0.6 is 15.1 Å². The van der Waals surface area contributed by atoms with Gasteiger partial charge in [-0.3, -0.25) is 0 Å². The van der Waals surface area contributed by atoms with E-state index in [-0.39, 0.29) is 17.6 Å². The fourth-order valence-corrected chi connectivity index (χ4v) is 12.4. The Morgan fingerprint density at radius 1 is 0.690 bits per heavy atom. The summed E-state index contributed by atoms with van der Waals surface area (Å²) in [5.74, 6) is -0.0367. The number of ether oxygens (including phenoxy) is 1. The summed E-state index contributed by atoms with van der Waals surface area (Å²) in [5, 5.41) is 3.15. The first-order chi connectivity index (χ1) is 19.3. The van der Waals surface area contributed by atoms with Crippen LogP contribution in [0.4, 0.5) is 30.0 Å². The number of rotatable bonds is 23. The van der Waals surface area contributed by atoms with E-state index in [4.69, 9.17) is 18.0 Å². The summed E-state index contributed by atoms with van der Waals surface area (Å²) < 4.78 is 84.3. The van der Waals surface area contributed by atoms with Crippen LogP contribution < -0.4 is 5.32 Å². The molecule has 1 amide bonds. The molecule has 0 bridgehead atoms. The molecule has 0 radical (unpaired) electrons. The van der Waals surface area contributed by atoms with Gasteiger partial charge in [0.2, 0.25) is 5.85 Å². The predicted molar refractivity (Wildman–Crippen MR) is 167 cm³/mol. The zero-order valence-corrected chi connectivity index (χ0v) is 30.0. The monoisotopic (exact) mass is 681 g/mol. The molecule has 6 nitrogen and oxygen atoms in total. The first kappa shape index (κ1) is 43.9. The van der Waals surface area contributed by atoms with Gasteiger partial charge in [0.15, 0.2) is 0 Å². The molecule has 0 spiro atoms. The second-order valence-corrected chi connectivity index (χ2v) is 19.9. The van der Waals surface area contributed by atoms with Crippen molar-refractivity contribution in [2.24, 2.45) is 0 Å². The molecule has 0 aromatic heterocycles. The number of halogens is 6. The van der Waals surface area contributed by atoms with Crippen LogP contribution in [-0.4, -0.2) is 64.7 Å². The van der Waals surface area contributed by atoms with E-state index < -0.39 is 23.9 Å². The summed E-state index contributed by atoms with van der Waals surface area (Å²) in [6, 6.07) is 0. The molecule has 0 aliphatic rings. The summed E-state index contributed by atoms with van der Waals surface area (Å²) >= 11 is 0. The first-order valence-electron chi connectivity index (χ1n) is 15.6. The molecule has 42 heavy (non-hydrogen) atoms. The normalized spacial score (nSPS) is 15.6. The quantitative estimate of drug-likeness (QED) is 0.0660. The van der Waals surface area contributed by atoms with Crippen molar-refractivity contribution in [1.29, 1.82) is 0 Å². The Hall–Kier alpha value is -0.193. The fourth-order valence-electron chi connectivity index (χ4n) is 4.34. The topological polar surface area (TPSA) is 66.0 Å². The van der Waals surface area contributed by atoms with Gasteiger partial charge in [-0.15, -0.1) is 0 Å². The zero-order valence-electron chi connectivity index (χ0n) is 27.2. The molecule has 15 heteroatoms. The maximum atomic E-state index is 13.3. The van der Waals surface area contributed by atoms with Crippen LogP contribution in [0, 0.1) is 0 Å². The van der Waals surface area contributed by atoms with Gasteiger partial charge in [0.05, 0.1) is 25.7 Å². The van der Waals surface area contributed by atoms with E-state index in [0.29, 0.717) is 26.2 Å². The second-order valence-electron chi connectivity index (χ2n) is 10.7. The average Bonchev–Trinajstić information content (AvgIpc) is 2.89. The molecule has 1 N–H and O–H groups in total. The van der Waals surface area contributed by atoms with Gasteiger partial charge in [0, 0.05) is 26.7 Å². The van der Waals surface area contributed by atoms with Crippen molar-refractivity contribution < 1.29 is 48.0 Å². The second kappa shape index (κ2) is 20.0. The van der Waals surface area contributed by atoms with Crippen LogP contribution in [0.15, 0.2) is 0 Å². The predicted octanol–water partition coefficient (Wildman–Crippen LogP) is 11.4. The van der Waals surface area contributed by atoms with E-state index in [0.717, 1.165) is 19.3 Å². The van der Waals surface area contributed by atoms with Crippen molar-refractivity contribution in [2.75, 3.05) is 38.3 Å². The van der Waals surface area contributed by atoms with E-state index in [1.807, 2.05) is 0 Å². The molecule has 0 aliphatic carbocycles. The number of alkyl carbamates (subject to hydrolysis) is 1.